The van der Waals surface area contributed by atoms with E-state index in [1.165, 1.54) is 11.3 Å². The Kier molecular flexibility index (Phi) is 3.43. The van der Waals surface area contributed by atoms with Gasteiger partial charge in [0.25, 0.3) is 0 Å². The van der Waals surface area contributed by atoms with Crippen molar-refractivity contribution >= 4 is 34.3 Å². The summed E-state index contributed by atoms with van der Waals surface area (Å²) in [5.74, 6) is 0.910. The Balaban J connectivity index is 1.81. The molecule has 2 aromatic heterocycles. The first-order valence-electron chi connectivity index (χ1n) is 6.62. The zero-order valence-electron chi connectivity index (χ0n) is 11.2. The fraction of sp³-hybridized carbons (Fsp3) is 0.462. The topological polar surface area (TPSA) is 66.7 Å². The molecule has 1 aliphatic heterocycles. The molecule has 106 valence electrons. The third-order valence-corrected chi connectivity index (χ3v) is 4.56. The van der Waals surface area contributed by atoms with Gasteiger partial charge in [0.15, 0.2) is 17.1 Å². The number of amides is 1. The number of rotatable bonds is 3. The highest BCUT2D eigenvalue weighted by Crippen LogP contribution is 2.27. The standard InChI is InChI=1S/C13H16N4O2S/c1-14-12(19)9-2-4-16(5-3-9)11-10(8-18)17-6-7-20-13(17)15-11/h6-9H,2-5H2,1H3,(H,14,19). The predicted octanol–water partition coefficient (Wildman–Crippen LogP) is 1.17. The highest BCUT2D eigenvalue weighted by atomic mass is 32.1. The highest BCUT2D eigenvalue weighted by Gasteiger charge is 2.27. The first-order chi connectivity index (χ1) is 9.74. The molecule has 0 saturated carbocycles. The van der Waals surface area contributed by atoms with Crippen molar-refractivity contribution < 1.29 is 9.59 Å². The van der Waals surface area contributed by atoms with Gasteiger partial charge in [0.1, 0.15) is 5.69 Å². The van der Waals surface area contributed by atoms with E-state index in [9.17, 15) is 9.59 Å². The van der Waals surface area contributed by atoms with E-state index >= 15 is 0 Å². The molecule has 3 heterocycles. The van der Waals surface area contributed by atoms with Gasteiger partial charge in [-0.3, -0.25) is 14.0 Å². The summed E-state index contributed by atoms with van der Waals surface area (Å²) in [6.07, 6.45) is 4.30. The quantitative estimate of drug-likeness (QED) is 0.862. The number of imidazole rings is 1. The van der Waals surface area contributed by atoms with Crippen LogP contribution in [0.4, 0.5) is 5.82 Å². The summed E-state index contributed by atoms with van der Waals surface area (Å²) >= 11 is 1.51. The molecule has 7 heteroatoms. The van der Waals surface area contributed by atoms with Crippen LogP contribution in [-0.4, -0.2) is 41.7 Å². The van der Waals surface area contributed by atoms with Crippen LogP contribution >= 0.6 is 11.3 Å². The lowest BCUT2D eigenvalue weighted by atomic mass is 9.96. The third kappa shape index (κ3) is 2.07. The maximum absolute atomic E-state index is 11.6. The Morgan fingerprint density at radius 1 is 1.50 bits per heavy atom. The number of nitrogens with one attached hydrogen (secondary N) is 1. The first kappa shape index (κ1) is 13.1. The van der Waals surface area contributed by atoms with Crippen molar-refractivity contribution in [2.24, 2.45) is 5.92 Å². The minimum Gasteiger partial charge on any atom is -0.359 e. The van der Waals surface area contributed by atoms with Gasteiger partial charge in [0.05, 0.1) is 0 Å². The van der Waals surface area contributed by atoms with E-state index in [-0.39, 0.29) is 11.8 Å². The lowest BCUT2D eigenvalue weighted by Crippen LogP contribution is -2.40. The zero-order chi connectivity index (χ0) is 14.1. The number of piperidine rings is 1. The van der Waals surface area contributed by atoms with E-state index in [1.807, 2.05) is 16.0 Å². The van der Waals surface area contributed by atoms with Gasteiger partial charge in [-0.25, -0.2) is 4.98 Å². The van der Waals surface area contributed by atoms with Gasteiger partial charge in [-0.2, -0.15) is 0 Å². The number of fused-ring (bicyclic) bond motifs is 1. The van der Waals surface area contributed by atoms with E-state index in [0.29, 0.717) is 5.69 Å². The molecule has 0 radical (unpaired) electrons. The summed E-state index contributed by atoms with van der Waals surface area (Å²) < 4.78 is 1.82. The van der Waals surface area contributed by atoms with Crippen LogP contribution in [0.3, 0.4) is 0 Å². The van der Waals surface area contributed by atoms with Crippen molar-refractivity contribution in [2.45, 2.75) is 12.8 Å². The maximum Gasteiger partial charge on any atom is 0.222 e. The van der Waals surface area contributed by atoms with Crippen LogP contribution in [0.5, 0.6) is 0 Å². The number of aromatic nitrogens is 2. The number of hydrogen-bond donors (Lipinski definition) is 1. The second kappa shape index (κ2) is 5.24. The summed E-state index contributed by atoms with van der Waals surface area (Å²) in [6, 6.07) is 0. The molecular weight excluding hydrogens is 276 g/mol. The highest BCUT2D eigenvalue weighted by molar-refractivity contribution is 7.15. The molecule has 1 saturated heterocycles. The Hall–Kier alpha value is -1.89. The van der Waals surface area contributed by atoms with Crippen molar-refractivity contribution in [1.82, 2.24) is 14.7 Å². The fourth-order valence-corrected chi connectivity index (χ4v) is 3.41. The Labute approximate surface area is 120 Å². The molecule has 0 aliphatic carbocycles. The summed E-state index contributed by atoms with van der Waals surface area (Å²) in [7, 11) is 1.67. The Morgan fingerprint density at radius 3 is 2.90 bits per heavy atom. The maximum atomic E-state index is 11.6. The van der Waals surface area contributed by atoms with Crippen molar-refractivity contribution in [1.29, 1.82) is 0 Å². The lowest BCUT2D eigenvalue weighted by Gasteiger charge is -2.31. The number of thiazole rings is 1. The van der Waals surface area contributed by atoms with Crippen LogP contribution in [0.25, 0.3) is 4.96 Å². The van der Waals surface area contributed by atoms with Gasteiger partial charge >= 0.3 is 0 Å². The lowest BCUT2D eigenvalue weighted by molar-refractivity contribution is -0.125. The van der Waals surface area contributed by atoms with Crippen LogP contribution in [0.15, 0.2) is 11.6 Å². The molecular formula is C13H16N4O2S. The molecule has 0 atom stereocenters. The van der Waals surface area contributed by atoms with Crippen LogP contribution in [0.2, 0.25) is 0 Å². The fourth-order valence-electron chi connectivity index (χ4n) is 2.69. The van der Waals surface area contributed by atoms with Crippen LogP contribution in [0.1, 0.15) is 23.3 Å². The smallest absolute Gasteiger partial charge is 0.222 e. The van der Waals surface area contributed by atoms with Crippen molar-refractivity contribution in [2.75, 3.05) is 25.0 Å². The molecule has 0 unspecified atom stereocenters. The van der Waals surface area contributed by atoms with E-state index in [1.54, 1.807) is 7.05 Å². The van der Waals surface area contributed by atoms with Gasteiger partial charge in [-0.1, -0.05) is 0 Å². The van der Waals surface area contributed by atoms with Crippen LogP contribution in [0, 0.1) is 5.92 Å². The second-order valence-corrected chi connectivity index (χ2v) is 5.74. The number of hydrogen-bond acceptors (Lipinski definition) is 5. The first-order valence-corrected chi connectivity index (χ1v) is 7.50. The number of anilines is 1. The molecule has 1 N–H and O–H groups in total. The average Bonchev–Trinajstić information content (AvgIpc) is 3.06. The summed E-state index contributed by atoms with van der Waals surface area (Å²) in [6.45, 7) is 1.51. The summed E-state index contributed by atoms with van der Waals surface area (Å²) in [4.78, 5) is 30.4. The molecule has 3 rings (SSSR count). The number of aldehydes is 1. The predicted molar refractivity (Wildman–Crippen MR) is 77.5 cm³/mol. The van der Waals surface area contributed by atoms with Gasteiger partial charge in [0, 0.05) is 37.6 Å². The number of nitrogens with zero attached hydrogens (tertiary/aromatic N) is 3. The van der Waals surface area contributed by atoms with Crippen LogP contribution < -0.4 is 10.2 Å². The molecule has 2 aromatic rings. The normalized spacial score (nSPS) is 16.6. The van der Waals surface area contributed by atoms with Crippen molar-refractivity contribution in [3.63, 3.8) is 0 Å². The Morgan fingerprint density at radius 2 is 2.25 bits per heavy atom. The Bertz CT molecular complexity index is 640. The molecule has 1 aliphatic rings. The number of carbonyl (C=O) groups excluding carboxylic acids is 2. The van der Waals surface area contributed by atoms with E-state index < -0.39 is 0 Å². The van der Waals surface area contributed by atoms with Crippen molar-refractivity contribution in [3.8, 4) is 0 Å². The monoisotopic (exact) mass is 292 g/mol. The SMILES string of the molecule is CNC(=O)C1CCN(c2nc3sccn3c2C=O)CC1. The van der Waals surface area contributed by atoms with E-state index in [0.717, 1.165) is 43.0 Å². The van der Waals surface area contributed by atoms with Crippen molar-refractivity contribution in [3.05, 3.63) is 17.3 Å². The molecule has 0 aromatic carbocycles. The minimum absolute atomic E-state index is 0.0691. The summed E-state index contributed by atoms with van der Waals surface area (Å²) in [5, 5.41) is 4.61. The van der Waals surface area contributed by atoms with Gasteiger partial charge in [0.2, 0.25) is 5.91 Å². The molecule has 1 amide bonds. The van der Waals surface area contributed by atoms with Gasteiger partial charge < -0.3 is 10.2 Å². The van der Waals surface area contributed by atoms with E-state index in [2.05, 4.69) is 15.2 Å². The van der Waals surface area contributed by atoms with E-state index in [4.69, 9.17) is 0 Å². The molecule has 0 spiro atoms. The van der Waals surface area contributed by atoms with Crippen LogP contribution in [-0.2, 0) is 4.79 Å². The molecule has 20 heavy (non-hydrogen) atoms. The minimum atomic E-state index is 0.0691. The van der Waals surface area contributed by atoms with Gasteiger partial charge in [-0.15, -0.1) is 11.3 Å². The summed E-state index contributed by atoms with van der Waals surface area (Å²) in [5.41, 5.74) is 0.597. The largest absolute Gasteiger partial charge is 0.359 e. The third-order valence-electron chi connectivity index (χ3n) is 3.80. The number of carbonyl (C=O) groups is 2. The average molecular weight is 292 g/mol. The molecule has 1 fully saturated rings. The zero-order valence-corrected chi connectivity index (χ0v) is 12.0. The molecule has 0 bridgehead atoms. The van der Waals surface area contributed by atoms with Gasteiger partial charge in [-0.05, 0) is 12.8 Å². The second-order valence-electron chi connectivity index (χ2n) is 4.87. The molecule has 6 nitrogen and oxygen atoms in total.